The van der Waals surface area contributed by atoms with Gasteiger partial charge in [0.2, 0.25) is 5.13 Å². The van der Waals surface area contributed by atoms with E-state index < -0.39 is 7.82 Å². The zero-order valence-electron chi connectivity index (χ0n) is 14.5. The summed E-state index contributed by atoms with van der Waals surface area (Å²) in [4.78, 5) is 34.5. The molecule has 0 spiro atoms. The standard InChI is InChI=1S/C15H18N4OS2.H3O4P/c1-8-18-19-15(22-8)17-14(20)13-5-9(7-21-13)11-6-12(11)16-10-3-2-4-10;1-5(2,3)4/h5,7,10-12,16H,2-4,6H2,1H3,(H,17,19,20);(H3,1,2,3,4)/t11-,12+;/m0./s1. The van der Waals surface area contributed by atoms with Gasteiger partial charge in [-0.1, -0.05) is 17.8 Å². The Balaban J connectivity index is 0.000000376. The van der Waals surface area contributed by atoms with Gasteiger partial charge in [0.15, 0.2) is 0 Å². The Morgan fingerprint density at radius 3 is 2.56 bits per heavy atom. The molecule has 0 saturated heterocycles. The van der Waals surface area contributed by atoms with Gasteiger partial charge in [0, 0.05) is 18.0 Å². The van der Waals surface area contributed by atoms with Gasteiger partial charge in [-0.05, 0) is 43.2 Å². The molecule has 2 saturated carbocycles. The van der Waals surface area contributed by atoms with Crippen LogP contribution >= 0.6 is 30.5 Å². The van der Waals surface area contributed by atoms with Crippen molar-refractivity contribution >= 4 is 41.5 Å². The molecule has 0 aromatic carbocycles. The van der Waals surface area contributed by atoms with Gasteiger partial charge < -0.3 is 20.0 Å². The smallest absolute Gasteiger partial charge is 0.311 e. The van der Waals surface area contributed by atoms with Crippen molar-refractivity contribution in [3.63, 3.8) is 0 Å². The molecule has 2 aliphatic carbocycles. The van der Waals surface area contributed by atoms with E-state index >= 15 is 0 Å². The number of anilines is 1. The molecule has 2 aromatic rings. The number of phosphoric acid groups is 1. The number of nitrogens with zero attached hydrogens (tertiary/aromatic N) is 2. The van der Waals surface area contributed by atoms with Crippen molar-refractivity contribution < 1.29 is 24.0 Å². The molecule has 27 heavy (non-hydrogen) atoms. The van der Waals surface area contributed by atoms with E-state index in [4.69, 9.17) is 19.2 Å². The summed E-state index contributed by atoms with van der Waals surface area (Å²) in [5.41, 5.74) is 1.29. The third-order valence-corrected chi connectivity index (χ3v) is 6.06. The van der Waals surface area contributed by atoms with Gasteiger partial charge >= 0.3 is 7.82 Å². The molecule has 2 aliphatic rings. The number of carbonyl (C=O) groups excluding carboxylic acids is 1. The van der Waals surface area contributed by atoms with Crippen LogP contribution in [0.25, 0.3) is 0 Å². The Kier molecular flexibility index (Phi) is 6.42. The average Bonchev–Trinajstić information content (AvgIpc) is 2.90. The van der Waals surface area contributed by atoms with Crippen LogP contribution in [0.3, 0.4) is 0 Å². The van der Waals surface area contributed by atoms with Crippen LogP contribution in [0.4, 0.5) is 5.13 Å². The van der Waals surface area contributed by atoms with Crippen LogP contribution in [-0.4, -0.2) is 42.9 Å². The zero-order valence-corrected chi connectivity index (χ0v) is 17.1. The molecule has 5 N–H and O–H groups in total. The summed E-state index contributed by atoms with van der Waals surface area (Å²) in [5.74, 6) is 0.499. The lowest BCUT2D eigenvalue weighted by Gasteiger charge is -2.26. The Labute approximate surface area is 164 Å². The molecule has 9 nitrogen and oxygen atoms in total. The third kappa shape index (κ3) is 6.42. The molecule has 0 unspecified atom stereocenters. The van der Waals surface area contributed by atoms with Crippen molar-refractivity contribution in [3.8, 4) is 0 Å². The molecule has 0 bridgehead atoms. The van der Waals surface area contributed by atoms with Crippen molar-refractivity contribution in [2.75, 3.05) is 5.32 Å². The highest BCUT2D eigenvalue weighted by atomic mass is 32.1. The van der Waals surface area contributed by atoms with Gasteiger partial charge in [-0.25, -0.2) is 4.57 Å². The highest BCUT2D eigenvalue weighted by Crippen LogP contribution is 2.43. The van der Waals surface area contributed by atoms with Crippen LogP contribution in [0.2, 0.25) is 0 Å². The van der Waals surface area contributed by atoms with Gasteiger partial charge in [-0.2, -0.15) is 0 Å². The molecule has 2 fully saturated rings. The quantitative estimate of drug-likeness (QED) is 0.452. The molecule has 2 aromatic heterocycles. The van der Waals surface area contributed by atoms with E-state index in [1.807, 2.05) is 13.0 Å². The Morgan fingerprint density at radius 2 is 2.00 bits per heavy atom. The van der Waals surface area contributed by atoms with Crippen molar-refractivity contribution in [1.82, 2.24) is 15.5 Å². The van der Waals surface area contributed by atoms with E-state index in [2.05, 4.69) is 26.2 Å². The number of hydrogen-bond donors (Lipinski definition) is 5. The number of thiophene rings is 1. The molecule has 2 heterocycles. The van der Waals surface area contributed by atoms with Crippen LogP contribution in [0.15, 0.2) is 11.4 Å². The van der Waals surface area contributed by atoms with Crippen LogP contribution < -0.4 is 10.6 Å². The Morgan fingerprint density at radius 1 is 1.30 bits per heavy atom. The summed E-state index contributed by atoms with van der Waals surface area (Å²) in [6, 6.07) is 3.37. The van der Waals surface area contributed by atoms with Gasteiger partial charge in [-0.15, -0.1) is 21.5 Å². The second kappa shape index (κ2) is 8.44. The molecule has 0 radical (unpaired) electrons. The van der Waals surface area contributed by atoms with E-state index in [1.54, 1.807) is 0 Å². The Bertz CT molecular complexity index is 839. The van der Waals surface area contributed by atoms with Crippen molar-refractivity contribution in [2.24, 2.45) is 0 Å². The second-order valence-corrected chi connectivity index (χ2v) is 9.70. The summed E-state index contributed by atoms with van der Waals surface area (Å²) in [6.07, 6.45) is 5.20. The van der Waals surface area contributed by atoms with Gasteiger partial charge in [-0.3, -0.25) is 10.1 Å². The SMILES string of the molecule is Cc1nnc(NC(=O)c2cc([C@@H]3C[C@H]3NC3CCC3)cs2)s1.O=P(O)(O)O. The topological polar surface area (TPSA) is 145 Å². The third-order valence-electron chi connectivity index (χ3n) is 4.36. The minimum atomic E-state index is -4.64. The van der Waals surface area contributed by atoms with Crippen molar-refractivity contribution in [1.29, 1.82) is 0 Å². The second-order valence-electron chi connectivity index (χ2n) is 6.58. The summed E-state index contributed by atoms with van der Waals surface area (Å²) in [6.45, 7) is 1.87. The fraction of sp³-hybridized carbons (Fsp3) is 0.533. The van der Waals surface area contributed by atoms with Crippen LogP contribution in [0, 0.1) is 6.92 Å². The molecule has 1 amide bonds. The average molecular weight is 432 g/mol. The molecule has 2 atom stereocenters. The van der Waals surface area contributed by atoms with Crippen LogP contribution in [0.1, 0.15) is 51.8 Å². The Hall–Kier alpha value is -1.20. The number of aryl methyl sites for hydroxylation is 1. The minimum Gasteiger partial charge on any atom is -0.311 e. The fourth-order valence-electron chi connectivity index (χ4n) is 2.80. The molecule has 148 valence electrons. The largest absolute Gasteiger partial charge is 0.466 e. The zero-order chi connectivity index (χ0) is 19.6. The van der Waals surface area contributed by atoms with Crippen molar-refractivity contribution in [3.05, 3.63) is 26.9 Å². The predicted octanol–water partition coefficient (Wildman–Crippen LogP) is 2.23. The lowest BCUT2D eigenvalue weighted by atomic mass is 9.93. The maximum Gasteiger partial charge on any atom is 0.466 e. The number of rotatable bonds is 5. The summed E-state index contributed by atoms with van der Waals surface area (Å²) in [7, 11) is -4.64. The first-order valence-electron chi connectivity index (χ1n) is 8.43. The maximum atomic E-state index is 12.2. The number of amides is 1. The number of aromatic nitrogens is 2. The number of nitrogens with one attached hydrogen (secondary N) is 2. The predicted molar refractivity (Wildman–Crippen MR) is 103 cm³/mol. The fourth-order valence-corrected chi connectivity index (χ4v) is 4.25. The van der Waals surface area contributed by atoms with Crippen LogP contribution in [-0.2, 0) is 4.57 Å². The first kappa shape index (κ1) is 20.5. The highest BCUT2D eigenvalue weighted by molar-refractivity contribution is 7.45. The first-order chi connectivity index (χ1) is 12.7. The molecule has 12 heteroatoms. The van der Waals surface area contributed by atoms with Crippen molar-refractivity contribution in [2.45, 2.75) is 50.6 Å². The lowest BCUT2D eigenvalue weighted by molar-refractivity contribution is 0.103. The van der Waals surface area contributed by atoms with E-state index in [0.29, 0.717) is 17.1 Å². The van der Waals surface area contributed by atoms with Gasteiger partial charge in [0.25, 0.3) is 5.91 Å². The van der Waals surface area contributed by atoms with E-state index in [1.165, 1.54) is 53.9 Å². The molecule has 0 aliphatic heterocycles. The normalized spacial score (nSPS) is 21.8. The summed E-state index contributed by atoms with van der Waals surface area (Å²) in [5, 5.41) is 17.9. The number of carbonyl (C=O) groups is 1. The summed E-state index contributed by atoms with van der Waals surface area (Å²) < 4.78 is 8.88. The van der Waals surface area contributed by atoms with Crippen LogP contribution in [0.5, 0.6) is 0 Å². The number of hydrogen-bond acceptors (Lipinski definition) is 7. The van der Waals surface area contributed by atoms with E-state index in [0.717, 1.165) is 15.9 Å². The van der Waals surface area contributed by atoms with E-state index in [9.17, 15) is 4.79 Å². The lowest BCUT2D eigenvalue weighted by Crippen LogP contribution is -2.37. The van der Waals surface area contributed by atoms with E-state index in [-0.39, 0.29) is 5.91 Å². The maximum absolute atomic E-state index is 12.2. The van der Waals surface area contributed by atoms with Gasteiger partial charge in [0.05, 0.1) is 4.88 Å². The molecule has 4 rings (SSSR count). The monoisotopic (exact) mass is 432 g/mol. The van der Waals surface area contributed by atoms with Gasteiger partial charge in [0.1, 0.15) is 5.01 Å². The highest BCUT2D eigenvalue weighted by Gasteiger charge is 2.40. The minimum absolute atomic E-state index is 0.0865. The first-order valence-corrected chi connectivity index (χ1v) is 11.7. The molecular formula is C15H21N4O5PS2. The summed E-state index contributed by atoms with van der Waals surface area (Å²) >= 11 is 2.90. The molecular weight excluding hydrogens is 411 g/mol.